The number of β-amino-alcohol motifs (C(OH)–C–C–N with tert-alkyl or cyclic N) is 1. The van der Waals surface area contributed by atoms with Crippen LogP contribution in [0.25, 0.3) is 0 Å². The van der Waals surface area contributed by atoms with Crippen LogP contribution in [0.1, 0.15) is 18.0 Å². The summed E-state index contributed by atoms with van der Waals surface area (Å²) in [6.45, 7) is 0.459. The molecule has 0 aromatic carbocycles. The molecule has 1 aromatic rings. The van der Waals surface area contributed by atoms with Crippen molar-refractivity contribution in [3.63, 3.8) is 0 Å². The molecule has 5 heteroatoms. The average Bonchev–Trinajstić information content (AvgIpc) is 2.56. The number of aliphatic hydroxyl groups is 1. The van der Waals surface area contributed by atoms with Crippen molar-refractivity contribution in [3.8, 4) is 5.88 Å². The van der Waals surface area contributed by atoms with Crippen LogP contribution in [0.4, 0.5) is 4.39 Å². The molecule has 0 bridgehead atoms. The highest BCUT2D eigenvalue weighted by atomic mass is 19.1. The van der Waals surface area contributed by atoms with Crippen LogP contribution in [-0.2, 0) is 0 Å². The Balaban J connectivity index is 2.27. The summed E-state index contributed by atoms with van der Waals surface area (Å²) in [7, 11) is 0. The number of aromatic hydroxyl groups is 1. The summed E-state index contributed by atoms with van der Waals surface area (Å²) in [5.74, 6) is -0.668. The average molecular weight is 198 g/mol. The number of nitrogens with zero attached hydrogens (tertiary/aromatic N) is 1. The third-order valence-electron chi connectivity index (χ3n) is 2.34. The second kappa shape index (κ2) is 3.51. The van der Waals surface area contributed by atoms with Crippen LogP contribution >= 0.6 is 0 Å². The van der Waals surface area contributed by atoms with Crippen LogP contribution in [0.3, 0.4) is 0 Å². The lowest BCUT2D eigenvalue weighted by atomic mass is 10.1. The minimum Gasteiger partial charge on any atom is -0.493 e. The number of aromatic nitrogens is 1. The molecule has 14 heavy (non-hydrogen) atoms. The lowest BCUT2D eigenvalue weighted by Gasteiger charge is -2.11. The predicted molar refractivity (Wildman–Crippen MR) is 47.2 cm³/mol. The second-order valence-corrected chi connectivity index (χ2v) is 3.42. The Morgan fingerprint density at radius 1 is 1.57 bits per heavy atom. The van der Waals surface area contributed by atoms with Crippen LogP contribution in [0.15, 0.2) is 12.3 Å². The maximum absolute atomic E-state index is 12.8. The second-order valence-electron chi connectivity index (χ2n) is 3.42. The number of pyridine rings is 1. The predicted octanol–water partition coefficient (Wildman–Crippen LogP) is 0.322. The van der Waals surface area contributed by atoms with Crippen molar-refractivity contribution in [2.45, 2.75) is 18.6 Å². The number of rotatable bonds is 1. The fourth-order valence-electron chi connectivity index (χ4n) is 1.66. The largest absolute Gasteiger partial charge is 0.493 e. The SMILES string of the molecule is Oc1ncc(F)cc1C1C[C@@H](O)CN1. The van der Waals surface area contributed by atoms with Crippen molar-refractivity contribution in [1.29, 1.82) is 0 Å². The molecule has 1 saturated heterocycles. The first-order valence-electron chi connectivity index (χ1n) is 4.42. The Labute approximate surface area is 80.4 Å². The van der Waals surface area contributed by atoms with E-state index in [1.54, 1.807) is 0 Å². The molecule has 1 aromatic heterocycles. The summed E-state index contributed by atoms with van der Waals surface area (Å²) >= 11 is 0. The summed E-state index contributed by atoms with van der Waals surface area (Å²) < 4.78 is 12.8. The van der Waals surface area contributed by atoms with Gasteiger partial charge in [-0.05, 0) is 12.5 Å². The van der Waals surface area contributed by atoms with Crippen molar-refractivity contribution in [1.82, 2.24) is 10.3 Å². The highest BCUT2D eigenvalue weighted by molar-refractivity contribution is 5.29. The highest BCUT2D eigenvalue weighted by Gasteiger charge is 2.26. The zero-order valence-corrected chi connectivity index (χ0v) is 7.44. The monoisotopic (exact) mass is 198 g/mol. The molecule has 76 valence electrons. The first-order valence-corrected chi connectivity index (χ1v) is 4.42. The van der Waals surface area contributed by atoms with Crippen LogP contribution in [0.5, 0.6) is 5.88 Å². The molecule has 1 fully saturated rings. The number of hydrogen-bond acceptors (Lipinski definition) is 4. The highest BCUT2D eigenvalue weighted by Crippen LogP contribution is 2.28. The molecular formula is C9H11FN2O2. The van der Waals surface area contributed by atoms with E-state index in [0.717, 1.165) is 6.20 Å². The molecule has 1 aliphatic heterocycles. The molecule has 4 nitrogen and oxygen atoms in total. The van der Waals surface area contributed by atoms with Gasteiger partial charge in [0.2, 0.25) is 5.88 Å². The third kappa shape index (κ3) is 1.69. The van der Waals surface area contributed by atoms with Gasteiger partial charge in [-0.25, -0.2) is 9.37 Å². The first-order chi connectivity index (χ1) is 6.66. The van der Waals surface area contributed by atoms with Gasteiger partial charge in [0, 0.05) is 18.2 Å². The van der Waals surface area contributed by atoms with Gasteiger partial charge < -0.3 is 15.5 Å². The van der Waals surface area contributed by atoms with Crippen LogP contribution in [0.2, 0.25) is 0 Å². The summed E-state index contributed by atoms with van der Waals surface area (Å²) in [5.41, 5.74) is 0.404. The van der Waals surface area contributed by atoms with E-state index >= 15 is 0 Å². The summed E-state index contributed by atoms with van der Waals surface area (Å²) in [5, 5.41) is 21.6. The maximum Gasteiger partial charge on any atom is 0.215 e. The van der Waals surface area contributed by atoms with Gasteiger partial charge in [-0.15, -0.1) is 0 Å². The molecule has 0 spiro atoms. The Bertz CT molecular complexity index is 346. The molecule has 0 amide bonds. The Hall–Kier alpha value is -1.20. The zero-order valence-electron chi connectivity index (χ0n) is 7.44. The molecule has 1 aliphatic rings. The summed E-state index contributed by atoms with van der Waals surface area (Å²) in [6.07, 6.45) is 0.991. The number of halogens is 1. The Morgan fingerprint density at radius 3 is 3.00 bits per heavy atom. The summed E-state index contributed by atoms with van der Waals surface area (Å²) in [6, 6.07) is 1.02. The maximum atomic E-state index is 12.8. The number of nitrogens with one attached hydrogen (secondary N) is 1. The quantitative estimate of drug-likeness (QED) is 0.608. The zero-order chi connectivity index (χ0) is 10.1. The van der Waals surface area contributed by atoms with E-state index in [9.17, 15) is 14.6 Å². The van der Waals surface area contributed by atoms with Gasteiger partial charge in [0.25, 0.3) is 0 Å². The fraction of sp³-hybridized carbons (Fsp3) is 0.444. The van der Waals surface area contributed by atoms with Crippen LogP contribution in [0, 0.1) is 5.82 Å². The molecule has 2 rings (SSSR count). The van der Waals surface area contributed by atoms with Crippen molar-refractivity contribution < 1.29 is 14.6 Å². The topological polar surface area (TPSA) is 65.4 Å². The minimum atomic E-state index is -0.485. The van der Waals surface area contributed by atoms with E-state index in [-0.39, 0.29) is 11.9 Å². The molecule has 0 saturated carbocycles. The van der Waals surface area contributed by atoms with E-state index in [4.69, 9.17) is 0 Å². The van der Waals surface area contributed by atoms with Gasteiger partial charge in [-0.2, -0.15) is 0 Å². The van der Waals surface area contributed by atoms with E-state index in [1.807, 2.05) is 0 Å². The van der Waals surface area contributed by atoms with Gasteiger partial charge in [-0.1, -0.05) is 0 Å². The lowest BCUT2D eigenvalue weighted by Crippen LogP contribution is -2.15. The molecule has 2 atom stereocenters. The fourth-order valence-corrected chi connectivity index (χ4v) is 1.66. The van der Waals surface area contributed by atoms with Crippen molar-refractivity contribution >= 4 is 0 Å². The third-order valence-corrected chi connectivity index (χ3v) is 2.34. The van der Waals surface area contributed by atoms with E-state index in [1.165, 1.54) is 6.07 Å². The Kier molecular flexibility index (Phi) is 2.35. The first kappa shape index (κ1) is 9.36. The molecule has 3 N–H and O–H groups in total. The molecule has 0 radical (unpaired) electrons. The standard InChI is InChI=1S/C9H11FN2O2/c10-5-1-7(9(14)12-3-5)8-2-6(13)4-11-8/h1,3,6,8,11,13H,2,4H2,(H,12,14)/t6-,8?/m1/s1. The van der Waals surface area contributed by atoms with E-state index in [2.05, 4.69) is 10.3 Å². The number of aliphatic hydroxyl groups excluding tert-OH is 1. The lowest BCUT2D eigenvalue weighted by molar-refractivity contribution is 0.193. The van der Waals surface area contributed by atoms with Gasteiger partial charge in [0.1, 0.15) is 5.82 Å². The van der Waals surface area contributed by atoms with Gasteiger partial charge in [0.15, 0.2) is 0 Å². The van der Waals surface area contributed by atoms with Gasteiger partial charge >= 0.3 is 0 Å². The van der Waals surface area contributed by atoms with Crippen molar-refractivity contribution in [2.24, 2.45) is 0 Å². The molecular weight excluding hydrogens is 187 g/mol. The molecule has 0 aliphatic carbocycles. The van der Waals surface area contributed by atoms with Gasteiger partial charge in [-0.3, -0.25) is 0 Å². The smallest absolute Gasteiger partial charge is 0.215 e. The van der Waals surface area contributed by atoms with Gasteiger partial charge in [0.05, 0.1) is 12.3 Å². The molecule has 2 heterocycles. The van der Waals surface area contributed by atoms with E-state index in [0.29, 0.717) is 18.5 Å². The Morgan fingerprint density at radius 2 is 2.36 bits per heavy atom. The minimum absolute atomic E-state index is 0.182. The summed E-state index contributed by atoms with van der Waals surface area (Å²) in [4.78, 5) is 3.51. The number of hydrogen-bond donors (Lipinski definition) is 3. The van der Waals surface area contributed by atoms with Crippen LogP contribution in [-0.4, -0.2) is 27.8 Å². The van der Waals surface area contributed by atoms with Crippen molar-refractivity contribution in [3.05, 3.63) is 23.6 Å². The van der Waals surface area contributed by atoms with Crippen LogP contribution < -0.4 is 5.32 Å². The molecule has 1 unspecified atom stereocenters. The van der Waals surface area contributed by atoms with E-state index < -0.39 is 11.9 Å². The van der Waals surface area contributed by atoms with Crippen molar-refractivity contribution in [2.75, 3.05) is 6.54 Å². The normalized spacial score (nSPS) is 26.7.